The van der Waals surface area contributed by atoms with Gasteiger partial charge in [-0.2, -0.15) is 0 Å². The van der Waals surface area contributed by atoms with E-state index in [-0.39, 0.29) is 23.5 Å². The number of ether oxygens (including phenoxy) is 2. The fourth-order valence-corrected chi connectivity index (χ4v) is 6.82. The van der Waals surface area contributed by atoms with Gasteiger partial charge in [-0.05, 0) is 86.0 Å². The van der Waals surface area contributed by atoms with Crippen molar-refractivity contribution >= 4 is 11.9 Å². The SMILES string of the molecule is CCCCC(=O)Oc1ccc2c(c1)[C@@H](O)C[C@@H]1[C@@H]2CC[C@]2(C)[C@@H](OC(=O)CCCC)CC[C@@H]12. The normalized spacial score (nSPS) is 32.4. The quantitative estimate of drug-likeness (QED) is 0.371. The van der Waals surface area contributed by atoms with E-state index >= 15 is 0 Å². The molecule has 3 aliphatic rings. The van der Waals surface area contributed by atoms with Gasteiger partial charge in [0.05, 0.1) is 6.10 Å². The van der Waals surface area contributed by atoms with E-state index in [1.807, 2.05) is 12.1 Å². The first-order valence-electron chi connectivity index (χ1n) is 13.1. The van der Waals surface area contributed by atoms with Crippen molar-refractivity contribution < 1.29 is 24.2 Å². The molecule has 1 N–H and O–H groups in total. The van der Waals surface area contributed by atoms with Crippen LogP contribution in [0.3, 0.4) is 0 Å². The molecule has 1 aromatic carbocycles. The van der Waals surface area contributed by atoms with Crippen molar-refractivity contribution in [2.24, 2.45) is 17.3 Å². The van der Waals surface area contributed by atoms with Crippen LogP contribution in [-0.4, -0.2) is 23.1 Å². The molecule has 2 saturated carbocycles. The van der Waals surface area contributed by atoms with Crippen LogP contribution in [0.2, 0.25) is 0 Å². The summed E-state index contributed by atoms with van der Waals surface area (Å²) in [5.74, 6) is 1.52. The number of unbranched alkanes of at least 4 members (excludes halogenated alkanes) is 2. The molecule has 0 spiro atoms. The lowest BCUT2D eigenvalue weighted by Crippen LogP contribution is -2.45. The monoisotopic (exact) mass is 456 g/mol. The van der Waals surface area contributed by atoms with Crippen molar-refractivity contribution in [2.75, 3.05) is 0 Å². The van der Waals surface area contributed by atoms with Crippen LogP contribution in [0.15, 0.2) is 18.2 Å². The van der Waals surface area contributed by atoms with E-state index in [0.29, 0.717) is 36.3 Å². The van der Waals surface area contributed by atoms with Crippen molar-refractivity contribution in [3.8, 4) is 5.75 Å². The predicted molar refractivity (Wildman–Crippen MR) is 127 cm³/mol. The largest absolute Gasteiger partial charge is 0.462 e. The first-order chi connectivity index (χ1) is 15.9. The standard InChI is InChI=1S/C28H40O5/c1-4-6-8-26(30)32-18-10-11-19-20-14-15-28(3)23(21(20)17-24(29)22(19)16-18)12-13-25(28)33-27(31)9-7-5-2/h10-11,16,20-21,23-25,29H,4-9,12-15,17H2,1-3H3/t20-,21-,23+,24+,25+,28+/m1/s1. The maximum absolute atomic E-state index is 12.3. The molecule has 2 fully saturated rings. The van der Waals surface area contributed by atoms with Crippen molar-refractivity contribution in [1.82, 2.24) is 0 Å². The van der Waals surface area contributed by atoms with E-state index in [1.165, 1.54) is 5.56 Å². The second-order valence-corrected chi connectivity index (χ2v) is 10.7. The zero-order valence-electron chi connectivity index (χ0n) is 20.5. The molecule has 0 amide bonds. The number of hydrogen-bond acceptors (Lipinski definition) is 5. The summed E-state index contributed by atoms with van der Waals surface area (Å²) in [6.45, 7) is 6.45. The molecule has 0 bridgehead atoms. The van der Waals surface area contributed by atoms with E-state index in [4.69, 9.17) is 9.47 Å². The Hall–Kier alpha value is -1.88. The van der Waals surface area contributed by atoms with Gasteiger partial charge in [-0.25, -0.2) is 0 Å². The second kappa shape index (κ2) is 10.2. The van der Waals surface area contributed by atoms with Crippen LogP contribution in [0, 0.1) is 17.3 Å². The average molecular weight is 457 g/mol. The predicted octanol–water partition coefficient (Wildman–Crippen LogP) is 6.23. The minimum Gasteiger partial charge on any atom is -0.462 e. The lowest BCUT2D eigenvalue weighted by Gasteiger charge is -2.51. The number of rotatable bonds is 8. The molecule has 5 heteroatoms. The molecule has 1 aromatic rings. The fourth-order valence-electron chi connectivity index (χ4n) is 6.82. The van der Waals surface area contributed by atoms with Crippen LogP contribution >= 0.6 is 0 Å². The van der Waals surface area contributed by atoms with Gasteiger partial charge in [0.25, 0.3) is 0 Å². The second-order valence-electron chi connectivity index (χ2n) is 10.7. The number of carbonyl (C=O) groups excluding carboxylic acids is 2. The van der Waals surface area contributed by atoms with E-state index in [0.717, 1.165) is 63.4 Å². The maximum Gasteiger partial charge on any atom is 0.311 e. The molecule has 4 rings (SSSR count). The van der Waals surface area contributed by atoms with Gasteiger partial charge in [-0.3, -0.25) is 9.59 Å². The van der Waals surface area contributed by atoms with Crippen molar-refractivity contribution in [3.05, 3.63) is 29.3 Å². The third-order valence-electron chi connectivity index (χ3n) is 8.64. The molecule has 33 heavy (non-hydrogen) atoms. The molecular formula is C28H40O5. The van der Waals surface area contributed by atoms with Gasteiger partial charge in [-0.15, -0.1) is 0 Å². The van der Waals surface area contributed by atoms with E-state index in [1.54, 1.807) is 0 Å². The Labute approximate surface area is 198 Å². The van der Waals surface area contributed by atoms with Gasteiger partial charge < -0.3 is 14.6 Å². The zero-order valence-corrected chi connectivity index (χ0v) is 20.5. The number of esters is 2. The summed E-state index contributed by atoms with van der Waals surface area (Å²) in [5, 5.41) is 11.1. The minimum absolute atomic E-state index is 0.00347. The number of carbonyl (C=O) groups is 2. The molecule has 0 heterocycles. The number of benzene rings is 1. The molecule has 3 aliphatic carbocycles. The smallest absolute Gasteiger partial charge is 0.311 e. The first-order valence-corrected chi connectivity index (χ1v) is 13.1. The van der Waals surface area contributed by atoms with Gasteiger partial charge in [0, 0.05) is 18.3 Å². The Morgan fingerprint density at radius 3 is 2.48 bits per heavy atom. The highest BCUT2D eigenvalue weighted by atomic mass is 16.5. The molecule has 0 aliphatic heterocycles. The highest BCUT2D eigenvalue weighted by Gasteiger charge is 2.57. The lowest BCUT2D eigenvalue weighted by atomic mass is 9.55. The summed E-state index contributed by atoms with van der Waals surface area (Å²) >= 11 is 0. The van der Waals surface area contributed by atoms with Crippen molar-refractivity contribution in [1.29, 1.82) is 0 Å². The number of fused-ring (bicyclic) bond motifs is 5. The van der Waals surface area contributed by atoms with Gasteiger partial charge in [0.1, 0.15) is 11.9 Å². The van der Waals surface area contributed by atoms with Crippen molar-refractivity contribution in [2.45, 2.75) is 110 Å². The Balaban J connectivity index is 1.48. The fraction of sp³-hybridized carbons (Fsp3) is 0.714. The van der Waals surface area contributed by atoms with Gasteiger partial charge in [0.2, 0.25) is 0 Å². The van der Waals surface area contributed by atoms with E-state index in [9.17, 15) is 14.7 Å². The highest BCUT2D eigenvalue weighted by molar-refractivity contribution is 5.72. The molecule has 6 atom stereocenters. The molecule has 0 radical (unpaired) electrons. The highest BCUT2D eigenvalue weighted by Crippen LogP contribution is 2.62. The summed E-state index contributed by atoms with van der Waals surface area (Å²) in [6.07, 6.45) is 8.82. The Kier molecular flexibility index (Phi) is 7.47. The van der Waals surface area contributed by atoms with Crippen LogP contribution in [0.4, 0.5) is 0 Å². The molecule has 182 valence electrons. The average Bonchev–Trinajstić information content (AvgIpc) is 3.13. The summed E-state index contributed by atoms with van der Waals surface area (Å²) < 4.78 is 11.5. The molecule has 5 nitrogen and oxygen atoms in total. The summed E-state index contributed by atoms with van der Waals surface area (Å²) in [5.41, 5.74) is 2.12. The number of aliphatic hydroxyl groups excluding tert-OH is 1. The van der Waals surface area contributed by atoms with Gasteiger partial charge >= 0.3 is 11.9 Å². The van der Waals surface area contributed by atoms with E-state index < -0.39 is 6.10 Å². The zero-order chi connectivity index (χ0) is 23.6. The Morgan fingerprint density at radius 2 is 1.76 bits per heavy atom. The molecule has 0 unspecified atom stereocenters. The van der Waals surface area contributed by atoms with Crippen LogP contribution in [-0.2, 0) is 14.3 Å². The van der Waals surface area contributed by atoms with Gasteiger partial charge in [-0.1, -0.05) is 39.7 Å². The van der Waals surface area contributed by atoms with Gasteiger partial charge in [0.15, 0.2) is 0 Å². The minimum atomic E-state index is -0.552. The molecule has 0 saturated heterocycles. The Morgan fingerprint density at radius 1 is 1.03 bits per heavy atom. The number of hydrogen-bond donors (Lipinski definition) is 1. The van der Waals surface area contributed by atoms with E-state index in [2.05, 4.69) is 26.8 Å². The molecule has 0 aromatic heterocycles. The first kappa shape index (κ1) is 24.3. The maximum atomic E-state index is 12.3. The van der Waals surface area contributed by atoms with Crippen molar-refractivity contribution in [3.63, 3.8) is 0 Å². The lowest BCUT2D eigenvalue weighted by molar-refractivity contribution is -0.158. The van der Waals surface area contributed by atoms with Crippen LogP contribution < -0.4 is 4.74 Å². The third kappa shape index (κ3) is 4.84. The summed E-state index contributed by atoms with van der Waals surface area (Å²) in [4.78, 5) is 24.4. The molecular weight excluding hydrogens is 416 g/mol. The third-order valence-corrected chi connectivity index (χ3v) is 8.64. The van der Waals surface area contributed by atoms with Crippen LogP contribution in [0.1, 0.15) is 115 Å². The van der Waals surface area contributed by atoms with Crippen LogP contribution in [0.25, 0.3) is 0 Å². The summed E-state index contributed by atoms with van der Waals surface area (Å²) in [6, 6.07) is 5.83. The van der Waals surface area contributed by atoms with Crippen LogP contribution in [0.5, 0.6) is 5.75 Å². The summed E-state index contributed by atoms with van der Waals surface area (Å²) in [7, 11) is 0. The Bertz CT molecular complexity index is 864. The number of aliphatic hydroxyl groups is 1. The topological polar surface area (TPSA) is 72.8 Å².